The van der Waals surface area contributed by atoms with Crippen molar-refractivity contribution in [2.45, 2.75) is 63.6 Å². The molecule has 0 radical (unpaired) electrons. The first kappa shape index (κ1) is 28.5. The summed E-state index contributed by atoms with van der Waals surface area (Å²) in [4.78, 5) is 35.0. The number of hydrogen-bond donors (Lipinski definition) is 2. The number of nitrogens with zero attached hydrogens (tertiary/aromatic N) is 2. The minimum Gasteiger partial charge on any atom is -0.490 e. The number of aryl methyl sites for hydroxylation is 1. The number of pyridine rings is 1. The zero-order valence-electron chi connectivity index (χ0n) is 24.1. The first-order valence-corrected chi connectivity index (χ1v) is 14.2. The van der Waals surface area contributed by atoms with Gasteiger partial charge < -0.3 is 24.7 Å². The van der Waals surface area contributed by atoms with Crippen LogP contribution in [0.4, 0.5) is 4.39 Å². The molecule has 222 valence electrons. The molecule has 10 heteroatoms. The number of carbonyl (C=O) groups is 2. The molecule has 3 N–H and O–H groups in total. The monoisotopic (exact) mass is 585 g/mol. The number of Topliss-reactive ketones (excluding diaryl/α,β-unsaturated/α-hetero) is 1. The quantitative estimate of drug-likeness (QED) is 0.236. The van der Waals surface area contributed by atoms with Gasteiger partial charge in [-0.15, -0.1) is 0 Å². The van der Waals surface area contributed by atoms with Gasteiger partial charge in [-0.05, 0) is 75.6 Å². The van der Waals surface area contributed by atoms with E-state index in [1.54, 1.807) is 63.4 Å². The Labute approximate surface area is 247 Å². The van der Waals surface area contributed by atoms with Gasteiger partial charge in [-0.2, -0.15) is 0 Å². The first-order chi connectivity index (χ1) is 20.4. The molecule has 2 aliphatic rings. The van der Waals surface area contributed by atoms with Gasteiger partial charge in [0.05, 0.1) is 11.8 Å². The molecule has 1 saturated carbocycles. The standard InChI is InChI=1S/C33H32FN3O6/c1-18-36-25(16-41-18)23-11-6-20(14-27(23)43-22-9-10-22)26(38)12-13-33(3,40)28-15-24-30(42-17-32(24,2)31(35)39)29(37-28)19-4-7-21(34)8-5-19/h4-8,11,14-16,22,40H,9-10,12-13,17H2,1-3H3,(H2,35,39)/t32-,33-/m0/s1. The second kappa shape index (κ2) is 10.6. The van der Waals surface area contributed by atoms with Crippen LogP contribution in [0, 0.1) is 12.7 Å². The molecular formula is C33H32FN3O6. The summed E-state index contributed by atoms with van der Waals surface area (Å²) in [7, 11) is 0. The molecule has 3 heterocycles. The van der Waals surface area contributed by atoms with Crippen LogP contribution in [-0.2, 0) is 15.8 Å². The lowest BCUT2D eigenvalue weighted by molar-refractivity contribution is -0.123. The number of nitrogens with two attached hydrogens (primary N) is 1. The molecule has 1 aliphatic carbocycles. The molecule has 0 bridgehead atoms. The van der Waals surface area contributed by atoms with Crippen molar-refractivity contribution < 1.29 is 33.0 Å². The number of aliphatic hydroxyl groups is 1. The molecular weight excluding hydrogens is 553 g/mol. The van der Waals surface area contributed by atoms with Crippen LogP contribution < -0.4 is 15.2 Å². The van der Waals surface area contributed by atoms with E-state index in [4.69, 9.17) is 24.6 Å². The number of primary amides is 1. The minimum absolute atomic E-state index is 0.00647. The summed E-state index contributed by atoms with van der Waals surface area (Å²) in [5, 5.41) is 11.6. The number of aromatic nitrogens is 2. The van der Waals surface area contributed by atoms with Gasteiger partial charge in [-0.3, -0.25) is 9.59 Å². The summed E-state index contributed by atoms with van der Waals surface area (Å²) < 4.78 is 31.0. The van der Waals surface area contributed by atoms with Crippen LogP contribution in [0.15, 0.2) is 59.2 Å². The minimum atomic E-state index is -1.56. The van der Waals surface area contributed by atoms with E-state index in [2.05, 4.69) is 4.98 Å². The summed E-state index contributed by atoms with van der Waals surface area (Å²) in [6.45, 7) is 5.00. The maximum absolute atomic E-state index is 13.7. The Morgan fingerprint density at radius 2 is 1.91 bits per heavy atom. The number of benzene rings is 2. The average Bonchev–Trinajstić information content (AvgIpc) is 3.58. The predicted molar refractivity (Wildman–Crippen MR) is 155 cm³/mol. The van der Waals surface area contributed by atoms with Crippen molar-refractivity contribution in [2.24, 2.45) is 5.73 Å². The number of rotatable bonds is 10. The van der Waals surface area contributed by atoms with E-state index >= 15 is 0 Å². The highest BCUT2D eigenvalue weighted by molar-refractivity contribution is 5.97. The van der Waals surface area contributed by atoms with E-state index in [9.17, 15) is 19.1 Å². The van der Waals surface area contributed by atoms with Crippen LogP contribution in [0.2, 0.25) is 0 Å². The van der Waals surface area contributed by atoms with Crippen LogP contribution in [0.25, 0.3) is 22.5 Å². The lowest BCUT2D eigenvalue weighted by Gasteiger charge is -2.26. The Balaban J connectivity index is 1.29. The second-order valence-corrected chi connectivity index (χ2v) is 11.7. The van der Waals surface area contributed by atoms with E-state index in [1.807, 2.05) is 0 Å². The Hall–Kier alpha value is -4.57. The van der Waals surface area contributed by atoms with Gasteiger partial charge in [-0.1, -0.05) is 6.07 Å². The zero-order valence-corrected chi connectivity index (χ0v) is 24.1. The molecule has 43 heavy (non-hydrogen) atoms. The number of amides is 1. The van der Waals surface area contributed by atoms with Gasteiger partial charge in [0, 0.05) is 35.6 Å². The van der Waals surface area contributed by atoms with Crippen molar-refractivity contribution in [3.05, 3.63) is 83.3 Å². The fourth-order valence-corrected chi connectivity index (χ4v) is 5.15. The molecule has 1 aliphatic heterocycles. The van der Waals surface area contributed by atoms with E-state index in [-0.39, 0.29) is 37.0 Å². The van der Waals surface area contributed by atoms with Gasteiger partial charge in [0.2, 0.25) is 5.91 Å². The largest absolute Gasteiger partial charge is 0.490 e. The van der Waals surface area contributed by atoms with E-state index in [1.165, 1.54) is 12.1 Å². The van der Waals surface area contributed by atoms with Gasteiger partial charge in [0.15, 0.2) is 11.7 Å². The molecule has 2 aromatic heterocycles. The lowest BCUT2D eigenvalue weighted by Crippen LogP contribution is -2.40. The third-order valence-electron chi connectivity index (χ3n) is 8.14. The van der Waals surface area contributed by atoms with Crippen LogP contribution in [0.1, 0.15) is 67.0 Å². The maximum Gasteiger partial charge on any atom is 0.231 e. The number of ketones is 1. The normalized spacial score (nSPS) is 18.9. The van der Waals surface area contributed by atoms with Crippen molar-refractivity contribution in [2.75, 3.05) is 6.61 Å². The number of ether oxygens (including phenoxy) is 2. The predicted octanol–water partition coefficient (Wildman–Crippen LogP) is 5.40. The molecule has 4 aromatic rings. The van der Waals surface area contributed by atoms with E-state index in [0.717, 1.165) is 18.4 Å². The summed E-state index contributed by atoms with van der Waals surface area (Å²) in [6.07, 6.45) is 3.61. The molecule has 0 saturated heterocycles. The highest BCUT2D eigenvalue weighted by atomic mass is 19.1. The van der Waals surface area contributed by atoms with Crippen molar-refractivity contribution in [1.82, 2.24) is 9.97 Å². The lowest BCUT2D eigenvalue weighted by atomic mass is 9.81. The van der Waals surface area contributed by atoms with Crippen LogP contribution >= 0.6 is 0 Å². The Kier molecular flexibility index (Phi) is 7.04. The van der Waals surface area contributed by atoms with Gasteiger partial charge in [-0.25, -0.2) is 14.4 Å². The van der Waals surface area contributed by atoms with Crippen molar-refractivity contribution >= 4 is 11.7 Å². The first-order valence-electron chi connectivity index (χ1n) is 14.2. The Bertz CT molecular complexity index is 1730. The van der Waals surface area contributed by atoms with Crippen LogP contribution in [0.3, 0.4) is 0 Å². The summed E-state index contributed by atoms with van der Waals surface area (Å²) >= 11 is 0. The van der Waals surface area contributed by atoms with Gasteiger partial charge >= 0.3 is 0 Å². The van der Waals surface area contributed by atoms with Crippen LogP contribution in [0.5, 0.6) is 11.5 Å². The summed E-state index contributed by atoms with van der Waals surface area (Å²) in [5.41, 5.74) is 6.47. The number of halogens is 1. The molecule has 0 unspecified atom stereocenters. The SMILES string of the molecule is Cc1nc(-c2ccc(C(=O)CC[C@](C)(O)c3cc4c(c(-c5ccc(F)cc5)n3)OC[C@]4(C)C(N)=O)cc2OC2CC2)co1. The molecule has 6 rings (SSSR count). The zero-order chi connectivity index (χ0) is 30.5. The highest BCUT2D eigenvalue weighted by Crippen LogP contribution is 2.46. The molecule has 2 aromatic carbocycles. The van der Waals surface area contributed by atoms with Gasteiger partial charge in [0.1, 0.15) is 52.6 Å². The Morgan fingerprint density at radius 1 is 1.16 bits per heavy atom. The highest BCUT2D eigenvalue weighted by Gasteiger charge is 2.45. The fraction of sp³-hybridized carbons (Fsp3) is 0.333. The number of fused-ring (bicyclic) bond motifs is 1. The van der Waals surface area contributed by atoms with E-state index in [0.29, 0.717) is 45.5 Å². The number of hydrogen-bond acceptors (Lipinski definition) is 8. The Morgan fingerprint density at radius 3 is 2.56 bits per heavy atom. The van der Waals surface area contributed by atoms with Gasteiger partial charge in [0.25, 0.3) is 0 Å². The summed E-state index contributed by atoms with van der Waals surface area (Å²) in [6, 6.07) is 12.5. The topological polar surface area (TPSA) is 138 Å². The molecule has 1 amide bonds. The third-order valence-corrected chi connectivity index (χ3v) is 8.14. The maximum atomic E-state index is 13.7. The molecule has 0 spiro atoms. The summed E-state index contributed by atoms with van der Waals surface area (Å²) in [5.74, 6) is 0.253. The molecule has 1 fully saturated rings. The van der Waals surface area contributed by atoms with Crippen molar-refractivity contribution in [3.63, 3.8) is 0 Å². The average molecular weight is 586 g/mol. The van der Waals surface area contributed by atoms with Crippen LogP contribution in [-0.4, -0.2) is 39.5 Å². The second-order valence-electron chi connectivity index (χ2n) is 11.7. The third kappa shape index (κ3) is 5.50. The van der Waals surface area contributed by atoms with Crippen molar-refractivity contribution in [1.29, 1.82) is 0 Å². The molecule has 2 atom stereocenters. The van der Waals surface area contributed by atoms with Crippen molar-refractivity contribution in [3.8, 4) is 34.0 Å². The smallest absolute Gasteiger partial charge is 0.231 e. The number of oxazole rings is 1. The molecule has 9 nitrogen and oxygen atoms in total. The number of carbonyl (C=O) groups excluding carboxylic acids is 2. The van der Waals surface area contributed by atoms with E-state index < -0.39 is 22.7 Å². The fourth-order valence-electron chi connectivity index (χ4n) is 5.15.